The van der Waals surface area contributed by atoms with Crippen LogP contribution in [0.15, 0.2) is 23.3 Å². The maximum Gasteiger partial charge on any atom is 0.421 e. The van der Waals surface area contributed by atoms with E-state index in [2.05, 4.69) is 20.6 Å². The molecule has 0 aromatic carbocycles. The van der Waals surface area contributed by atoms with Gasteiger partial charge < -0.3 is 24.8 Å². The maximum atomic E-state index is 12.9. The molecular weight excluding hydrogens is 365 g/mol. The third kappa shape index (κ3) is 10.00. The highest BCUT2D eigenvalue weighted by Crippen LogP contribution is 2.34. The lowest BCUT2D eigenvalue weighted by atomic mass is 10.2. The summed E-state index contributed by atoms with van der Waals surface area (Å²) < 4.78 is 54.0. The molecule has 7 nitrogen and oxygen atoms in total. The topological polar surface area (TPSA) is 77.0 Å². The Bertz CT molecular complexity index is 556. The highest BCUT2D eigenvalue weighted by Gasteiger charge is 2.34. The van der Waals surface area contributed by atoms with Crippen LogP contribution in [0.5, 0.6) is 5.88 Å². The second kappa shape index (κ2) is 13.2. The third-order valence-electron chi connectivity index (χ3n) is 3.20. The predicted molar refractivity (Wildman–Crippen MR) is 96.0 cm³/mol. The van der Waals surface area contributed by atoms with E-state index in [9.17, 15) is 13.2 Å². The maximum absolute atomic E-state index is 12.9. The molecule has 154 valence electrons. The van der Waals surface area contributed by atoms with Crippen LogP contribution in [0.1, 0.15) is 18.9 Å². The number of methoxy groups -OCH3 is 1. The van der Waals surface area contributed by atoms with Crippen molar-refractivity contribution < 1.29 is 27.4 Å². The van der Waals surface area contributed by atoms with Crippen molar-refractivity contribution in [2.45, 2.75) is 19.5 Å². The lowest BCUT2D eigenvalue weighted by molar-refractivity contribution is -0.139. The fraction of sp³-hybridized carbons (Fsp3) is 0.647. The lowest BCUT2D eigenvalue weighted by Gasteiger charge is -2.14. The zero-order valence-corrected chi connectivity index (χ0v) is 15.6. The monoisotopic (exact) mass is 392 g/mol. The molecule has 1 aromatic heterocycles. The van der Waals surface area contributed by atoms with Gasteiger partial charge in [-0.25, -0.2) is 4.98 Å². The van der Waals surface area contributed by atoms with Gasteiger partial charge in [0, 0.05) is 33.0 Å². The van der Waals surface area contributed by atoms with Crippen LogP contribution in [0.4, 0.5) is 13.2 Å². The largest absolute Gasteiger partial charge is 0.475 e. The van der Waals surface area contributed by atoms with Crippen LogP contribution < -0.4 is 15.4 Å². The molecule has 0 atom stereocenters. The fourth-order valence-corrected chi connectivity index (χ4v) is 1.98. The second-order valence-corrected chi connectivity index (χ2v) is 5.35. The van der Waals surface area contributed by atoms with Crippen molar-refractivity contribution in [3.63, 3.8) is 0 Å². The van der Waals surface area contributed by atoms with Gasteiger partial charge in [0.2, 0.25) is 5.88 Å². The molecule has 10 heteroatoms. The zero-order valence-electron chi connectivity index (χ0n) is 15.6. The Balaban J connectivity index is 2.35. The number of hydrogen-bond donors (Lipinski definition) is 2. The van der Waals surface area contributed by atoms with Gasteiger partial charge in [-0.2, -0.15) is 13.2 Å². The number of nitrogens with zero attached hydrogens (tertiary/aromatic N) is 2. The Hall–Kier alpha value is -2.07. The number of ether oxygens (including phenoxy) is 3. The van der Waals surface area contributed by atoms with Crippen LogP contribution in [0.25, 0.3) is 0 Å². The van der Waals surface area contributed by atoms with Gasteiger partial charge in [-0.05, 0) is 25.5 Å². The molecule has 0 radical (unpaired) electrons. The molecule has 0 unspecified atom stereocenters. The molecule has 0 saturated heterocycles. The van der Waals surface area contributed by atoms with Crippen molar-refractivity contribution in [2.24, 2.45) is 4.99 Å². The highest BCUT2D eigenvalue weighted by atomic mass is 19.4. The van der Waals surface area contributed by atoms with E-state index in [-0.39, 0.29) is 13.2 Å². The minimum atomic E-state index is -4.50. The smallest absolute Gasteiger partial charge is 0.421 e. The molecule has 0 aliphatic heterocycles. The number of guanidine groups is 1. The van der Waals surface area contributed by atoms with Gasteiger partial charge in [0.25, 0.3) is 0 Å². The van der Waals surface area contributed by atoms with Crippen molar-refractivity contribution in [2.75, 3.05) is 53.2 Å². The van der Waals surface area contributed by atoms with Crippen LogP contribution in [0.3, 0.4) is 0 Å². The van der Waals surface area contributed by atoms with E-state index >= 15 is 0 Å². The van der Waals surface area contributed by atoms with Crippen LogP contribution in [0, 0.1) is 0 Å². The number of alkyl halides is 3. The lowest BCUT2D eigenvalue weighted by Crippen LogP contribution is -2.39. The quantitative estimate of drug-likeness (QED) is 0.322. The van der Waals surface area contributed by atoms with Crippen LogP contribution in [-0.4, -0.2) is 64.1 Å². The normalized spacial score (nSPS) is 12.1. The van der Waals surface area contributed by atoms with E-state index < -0.39 is 17.6 Å². The van der Waals surface area contributed by atoms with Crippen molar-refractivity contribution in [3.8, 4) is 5.88 Å². The Kier molecular flexibility index (Phi) is 11.2. The molecule has 0 fully saturated rings. The summed E-state index contributed by atoms with van der Waals surface area (Å²) in [5.41, 5.74) is -0.890. The number of pyridine rings is 1. The van der Waals surface area contributed by atoms with Crippen molar-refractivity contribution in [1.29, 1.82) is 0 Å². The first-order valence-electron chi connectivity index (χ1n) is 8.73. The molecule has 1 aromatic rings. The van der Waals surface area contributed by atoms with E-state index in [0.29, 0.717) is 38.9 Å². The van der Waals surface area contributed by atoms with E-state index in [1.807, 2.05) is 6.92 Å². The van der Waals surface area contributed by atoms with E-state index in [0.717, 1.165) is 12.5 Å². The van der Waals surface area contributed by atoms with Crippen LogP contribution in [0.2, 0.25) is 0 Å². The molecule has 27 heavy (non-hydrogen) atoms. The summed E-state index contributed by atoms with van der Waals surface area (Å²) in [6.45, 7) is 5.12. The predicted octanol–water partition coefficient (Wildman–Crippen LogP) is 2.09. The molecule has 0 spiro atoms. The molecule has 0 bridgehead atoms. The van der Waals surface area contributed by atoms with Gasteiger partial charge >= 0.3 is 6.18 Å². The van der Waals surface area contributed by atoms with Gasteiger partial charge in [-0.15, -0.1) is 0 Å². The van der Waals surface area contributed by atoms with Crippen LogP contribution in [-0.2, 0) is 15.7 Å². The van der Waals surface area contributed by atoms with Gasteiger partial charge in [0.15, 0.2) is 5.96 Å². The summed E-state index contributed by atoms with van der Waals surface area (Å²) >= 11 is 0. The van der Waals surface area contributed by atoms with E-state index in [4.69, 9.17) is 14.2 Å². The highest BCUT2D eigenvalue weighted by molar-refractivity contribution is 5.79. The van der Waals surface area contributed by atoms with Crippen molar-refractivity contribution in [3.05, 3.63) is 23.9 Å². The third-order valence-corrected chi connectivity index (χ3v) is 3.20. The van der Waals surface area contributed by atoms with E-state index in [1.165, 1.54) is 12.3 Å². The molecule has 1 rings (SSSR count). The zero-order chi connectivity index (χ0) is 20.0. The number of aliphatic imine (C=N–C) groups is 1. The molecule has 0 amide bonds. The standard InChI is InChI=1S/C17H27F3N4O3/c1-3-21-16(23-8-5-10-26-13-12-25-2)24-9-11-27-15-14(17(18,19)20)6-4-7-22-15/h4,6-7H,3,5,8-13H2,1-2H3,(H2,21,23,24). The van der Waals surface area contributed by atoms with Crippen LogP contribution >= 0.6 is 0 Å². The van der Waals surface area contributed by atoms with E-state index in [1.54, 1.807) is 7.11 Å². The van der Waals surface area contributed by atoms with Crippen molar-refractivity contribution in [1.82, 2.24) is 15.6 Å². The van der Waals surface area contributed by atoms with Gasteiger partial charge in [0.05, 0.1) is 19.8 Å². The fourth-order valence-electron chi connectivity index (χ4n) is 1.98. The van der Waals surface area contributed by atoms with Crippen molar-refractivity contribution >= 4 is 5.96 Å². The molecule has 0 aliphatic carbocycles. The number of nitrogens with one attached hydrogen (secondary N) is 2. The molecular formula is C17H27F3N4O3. The number of aromatic nitrogens is 1. The first kappa shape index (κ1) is 23.0. The minimum Gasteiger partial charge on any atom is -0.475 e. The number of hydrogen-bond acceptors (Lipinski definition) is 5. The summed E-state index contributed by atoms with van der Waals surface area (Å²) in [5, 5.41) is 6.06. The van der Waals surface area contributed by atoms with Gasteiger partial charge in [-0.3, -0.25) is 4.99 Å². The molecule has 2 N–H and O–H groups in total. The Labute approximate surface area is 157 Å². The average molecular weight is 392 g/mol. The Morgan fingerprint density at radius 3 is 2.70 bits per heavy atom. The Morgan fingerprint density at radius 2 is 2.00 bits per heavy atom. The first-order chi connectivity index (χ1) is 13.0. The SMILES string of the molecule is CCNC(=NCCCOCCOC)NCCOc1ncccc1C(F)(F)F. The summed E-state index contributed by atoms with van der Waals surface area (Å²) in [6.07, 6.45) is -2.49. The Morgan fingerprint density at radius 1 is 1.19 bits per heavy atom. The number of halogens is 3. The van der Waals surface area contributed by atoms with Gasteiger partial charge in [0.1, 0.15) is 12.2 Å². The summed E-state index contributed by atoms with van der Waals surface area (Å²) in [4.78, 5) is 8.02. The molecule has 0 aliphatic rings. The summed E-state index contributed by atoms with van der Waals surface area (Å²) in [6, 6.07) is 2.17. The van der Waals surface area contributed by atoms with Gasteiger partial charge in [-0.1, -0.05) is 0 Å². The average Bonchev–Trinajstić information content (AvgIpc) is 2.64. The molecule has 1 heterocycles. The second-order valence-electron chi connectivity index (χ2n) is 5.35. The summed E-state index contributed by atoms with van der Waals surface area (Å²) in [5.74, 6) is 0.136. The number of rotatable bonds is 12. The summed E-state index contributed by atoms with van der Waals surface area (Å²) in [7, 11) is 1.61. The first-order valence-corrected chi connectivity index (χ1v) is 8.73. The minimum absolute atomic E-state index is 0.0185. The molecule has 0 saturated carbocycles.